The van der Waals surface area contributed by atoms with Crippen molar-refractivity contribution in [1.29, 1.82) is 0 Å². The smallest absolute Gasteiger partial charge is 0.348 e. The van der Waals surface area contributed by atoms with Crippen molar-refractivity contribution in [3.63, 3.8) is 0 Å². The fourth-order valence-electron chi connectivity index (χ4n) is 4.29. The summed E-state index contributed by atoms with van der Waals surface area (Å²) < 4.78 is 22.1. The standard InChI is InChI=1S/C34H26O7/c1-3-39-27-18-20-30-28(21-27)31(32(41-30)24-7-5-4-6-8-24)34(37)40-26-16-14-23(15-17-26)29(35)19-11-22-9-12-25(13-10-22)33(36)38-2/h4-21H,3H2,1-2H3/b19-11+. The first kappa shape index (κ1) is 27.1. The lowest BCUT2D eigenvalue weighted by molar-refractivity contribution is 0.0600. The lowest BCUT2D eigenvalue weighted by atomic mass is 10.1. The molecule has 0 spiro atoms. The molecule has 5 aromatic rings. The maximum atomic E-state index is 13.5. The Balaban J connectivity index is 1.35. The van der Waals surface area contributed by atoms with Crippen molar-refractivity contribution in [3.8, 4) is 22.8 Å². The van der Waals surface area contributed by atoms with E-state index >= 15 is 0 Å². The Morgan fingerprint density at radius 1 is 0.780 bits per heavy atom. The summed E-state index contributed by atoms with van der Waals surface area (Å²) in [5.41, 5.74) is 3.16. The van der Waals surface area contributed by atoms with E-state index in [9.17, 15) is 14.4 Å². The van der Waals surface area contributed by atoms with Crippen LogP contribution >= 0.6 is 0 Å². The average molecular weight is 547 g/mol. The van der Waals surface area contributed by atoms with Crippen LogP contribution in [0.5, 0.6) is 11.5 Å². The Kier molecular flexibility index (Phi) is 8.06. The molecule has 0 saturated carbocycles. The first-order valence-electron chi connectivity index (χ1n) is 12.9. The summed E-state index contributed by atoms with van der Waals surface area (Å²) in [5, 5.41) is 0.580. The molecule has 7 heteroatoms. The van der Waals surface area contributed by atoms with Gasteiger partial charge in [0.1, 0.15) is 28.4 Å². The number of ketones is 1. The molecule has 0 bridgehead atoms. The zero-order valence-electron chi connectivity index (χ0n) is 22.5. The molecule has 0 radical (unpaired) electrons. The van der Waals surface area contributed by atoms with Gasteiger partial charge in [-0.05, 0) is 73.2 Å². The van der Waals surface area contributed by atoms with Crippen molar-refractivity contribution in [2.45, 2.75) is 6.92 Å². The highest BCUT2D eigenvalue weighted by Gasteiger charge is 2.24. The van der Waals surface area contributed by atoms with E-state index in [0.717, 1.165) is 11.1 Å². The van der Waals surface area contributed by atoms with E-state index in [1.165, 1.54) is 13.2 Å². The molecule has 0 N–H and O–H groups in total. The Morgan fingerprint density at radius 2 is 1.46 bits per heavy atom. The van der Waals surface area contributed by atoms with Crippen LogP contribution in [0.15, 0.2) is 108 Å². The molecule has 0 saturated heterocycles. The van der Waals surface area contributed by atoms with E-state index in [2.05, 4.69) is 0 Å². The van der Waals surface area contributed by atoms with E-state index < -0.39 is 11.9 Å². The second kappa shape index (κ2) is 12.2. The Bertz CT molecular complexity index is 1730. The largest absolute Gasteiger partial charge is 0.494 e. The summed E-state index contributed by atoms with van der Waals surface area (Å²) in [6.45, 7) is 2.37. The Hall–Kier alpha value is -5.43. The van der Waals surface area contributed by atoms with Crippen LogP contribution in [-0.2, 0) is 4.74 Å². The van der Waals surface area contributed by atoms with Gasteiger partial charge in [-0.2, -0.15) is 0 Å². The molecule has 0 fully saturated rings. The number of esters is 2. The fourth-order valence-corrected chi connectivity index (χ4v) is 4.29. The molecule has 0 atom stereocenters. The van der Waals surface area contributed by atoms with Crippen molar-refractivity contribution in [2.75, 3.05) is 13.7 Å². The van der Waals surface area contributed by atoms with Crippen LogP contribution in [0.3, 0.4) is 0 Å². The lowest BCUT2D eigenvalue weighted by Gasteiger charge is -2.07. The van der Waals surface area contributed by atoms with Gasteiger partial charge in [0, 0.05) is 16.5 Å². The normalized spacial score (nSPS) is 11.0. The van der Waals surface area contributed by atoms with E-state index in [-0.39, 0.29) is 17.1 Å². The molecule has 7 nitrogen and oxygen atoms in total. The number of carbonyl (C=O) groups is 3. The molecule has 4 aromatic carbocycles. The third-order valence-electron chi connectivity index (χ3n) is 6.32. The molecule has 41 heavy (non-hydrogen) atoms. The molecule has 1 aromatic heterocycles. The highest BCUT2D eigenvalue weighted by atomic mass is 16.5. The van der Waals surface area contributed by atoms with Crippen LogP contribution in [0.25, 0.3) is 28.4 Å². The second-order valence-corrected chi connectivity index (χ2v) is 8.99. The van der Waals surface area contributed by atoms with E-state index in [1.807, 2.05) is 37.3 Å². The molecule has 204 valence electrons. The van der Waals surface area contributed by atoms with Gasteiger partial charge >= 0.3 is 11.9 Å². The predicted molar refractivity (Wildman–Crippen MR) is 155 cm³/mol. The zero-order valence-corrected chi connectivity index (χ0v) is 22.5. The summed E-state index contributed by atoms with van der Waals surface area (Å²) in [6.07, 6.45) is 3.09. The van der Waals surface area contributed by atoms with Crippen LogP contribution in [0.2, 0.25) is 0 Å². The number of allylic oxidation sites excluding steroid dienone is 1. The number of hydrogen-bond acceptors (Lipinski definition) is 7. The van der Waals surface area contributed by atoms with Gasteiger partial charge in [0.05, 0.1) is 19.3 Å². The number of carbonyl (C=O) groups excluding carboxylic acids is 3. The molecule has 1 heterocycles. The highest BCUT2D eigenvalue weighted by Crippen LogP contribution is 2.36. The molecule has 0 unspecified atom stereocenters. The average Bonchev–Trinajstić information content (AvgIpc) is 3.40. The number of methoxy groups -OCH3 is 1. The van der Waals surface area contributed by atoms with Gasteiger partial charge in [0.25, 0.3) is 0 Å². The summed E-state index contributed by atoms with van der Waals surface area (Å²) in [4.78, 5) is 37.8. The minimum Gasteiger partial charge on any atom is -0.494 e. The van der Waals surface area contributed by atoms with Crippen molar-refractivity contribution in [2.24, 2.45) is 0 Å². The topological polar surface area (TPSA) is 92.0 Å². The molecule has 0 amide bonds. The van der Waals surface area contributed by atoms with E-state index in [1.54, 1.807) is 72.8 Å². The number of ether oxygens (including phenoxy) is 3. The maximum absolute atomic E-state index is 13.5. The minimum atomic E-state index is -0.592. The van der Waals surface area contributed by atoms with Gasteiger partial charge in [-0.1, -0.05) is 48.5 Å². The van der Waals surface area contributed by atoms with Crippen molar-refractivity contribution >= 4 is 34.8 Å². The van der Waals surface area contributed by atoms with Crippen LogP contribution in [0.1, 0.15) is 43.6 Å². The molecular weight excluding hydrogens is 520 g/mol. The van der Waals surface area contributed by atoms with Gasteiger partial charge in [-0.15, -0.1) is 0 Å². The van der Waals surface area contributed by atoms with E-state index in [0.29, 0.717) is 40.2 Å². The number of rotatable bonds is 9. The van der Waals surface area contributed by atoms with E-state index in [4.69, 9.17) is 18.6 Å². The summed E-state index contributed by atoms with van der Waals surface area (Å²) >= 11 is 0. The van der Waals surface area contributed by atoms with Crippen molar-refractivity contribution in [3.05, 3.63) is 125 Å². The molecule has 0 aliphatic carbocycles. The zero-order chi connectivity index (χ0) is 28.8. The SMILES string of the molecule is CCOc1ccc2oc(-c3ccccc3)c(C(=O)Oc3ccc(C(=O)/C=C/c4ccc(C(=O)OC)cc4)cc3)c2c1. The minimum absolute atomic E-state index is 0.226. The van der Waals surface area contributed by atoms with Gasteiger partial charge in [-0.3, -0.25) is 4.79 Å². The lowest BCUT2D eigenvalue weighted by Crippen LogP contribution is -2.09. The molecule has 0 aliphatic rings. The van der Waals surface area contributed by atoms with Crippen molar-refractivity contribution in [1.82, 2.24) is 0 Å². The number of benzene rings is 4. The molecular formula is C34H26O7. The maximum Gasteiger partial charge on any atom is 0.348 e. The monoisotopic (exact) mass is 546 g/mol. The molecule has 0 aliphatic heterocycles. The van der Waals surface area contributed by atoms with Crippen LogP contribution in [-0.4, -0.2) is 31.4 Å². The number of furan rings is 1. The van der Waals surface area contributed by atoms with Gasteiger partial charge in [0.15, 0.2) is 5.78 Å². The van der Waals surface area contributed by atoms with Gasteiger partial charge < -0.3 is 18.6 Å². The third-order valence-corrected chi connectivity index (χ3v) is 6.32. The van der Waals surface area contributed by atoms with Gasteiger partial charge in [0.2, 0.25) is 0 Å². The highest BCUT2D eigenvalue weighted by molar-refractivity contribution is 6.10. The number of hydrogen-bond donors (Lipinski definition) is 0. The second-order valence-electron chi connectivity index (χ2n) is 8.99. The Labute approximate surface area is 236 Å². The molecule has 5 rings (SSSR count). The summed E-state index contributed by atoms with van der Waals surface area (Å²) in [5.74, 6) is 0.0509. The van der Waals surface area contributed by atoms with Crippen molar-refractivity contribution < 1.29 is 33.0 Å². The number of fused-ring (bicyclic) bond motifs is 1. The first-order chi connectivity index (χ1) is 20.0. The third kappa shape index (κ3) is 6.09. The van der Waals surface area contributed by atoms with Crippen LogP contribution in [0, 0.1) is 0 Å². The Morgan fingerprint density at radius 3 is 2.15 bits per heavy atom. The first-order valence-corrected chi connectivity index (χ1v) is 12.9. The summed E-state index contributed by atoms with van der Waals surface area (Å²) in [6, 6.07) is 27.7. The van der Waals surface area contributed by atoms with Crippen LogP contribution < -0.4 is 9.47 Å². The predicted octanol–water partition coefficient (Wildman–Crippen LogP) is 7.40. The van der Waals surface area contributed by atoms with Gasteiger partial charge in [-0.25, -0.2) is 9.59 Å². The van der Waals surface area contributed by atoms with Crippen LogP contribution in [0.4, 0.5) is 0 Å². The summed E-state index contributed by atoms with van der Waals surface area (Å²) in [7, 11) is 1.32. The quantitative estimate of drug-likeness (QED) is 0.0823. The fraction of sp³-hybridized carbons (Fsp3) is 0.0882.